The number of tetrazole rings is 1. The highest BCUT2D eigenvalue weighted by molar-refractivity contribution is 4.85. The Morgan fingerprint density at radius 2 is 2.00 bits per heavy atom. The molecule has 0 amide bonds. The van der Waals surface area contributed by atoms with Gasteiger partial charge in [-0.3, -0.25) is 0 Å². The maximum atomic E-state index is 5.59. The van der Waals surface area contributed by atoms with Gasteiger partial charge in [0, 0.05) is 0 Å². The average molecular weight is 169 g/mol. The van der Waals surface area contributed by atoms with Crippen molar-refractivity contribution >= 4 is 0 Å². The van der Waals surface area contributed by atoms with Crippen LogP contribution in [0, 0.1) is 0 Å². The minimum absolute atomic E-state index is 0.125. The van der Waals surface area contributed by atoms with E-state index in [0.29, 0.717) is 5.82 Å². The second-order valence-corrected chi connectivity index (χ2v) is 3.90. The fourth-order valence-electron chi connectivity index (χ4n) is 0.692. The molecule has 5 heteroatoms. The summed E-state index contributed by atoms with van der Waals surface area (Å²) in [5, 5.41) is 11.9. The first-order valence-corrected chi connectivity index (χ1v) is 3.97. The van der Waals surface area contributed by atoms with Gasteiger partial charge in [0.05, 0.1) is 11.6 Å². The summed E-state index contributed by atoms with van der Waals surface area (Å²) in [6.07, 6.45) is 0. The summed E-state index contributed by atoms with van der Waals surface area (Å²) >= 11 is 0. The summed E-state index contributed by atoms with van der Waals surface area (Å²) in [6, 6.07) is -0.152. The van der Waals surface area contributed by atoms with Gasteiger partial charge in [-0.15, -0.1) is 10.2 Å². The predicted octanol–water partition coefficient (Wildman–Crippen LogP) is 0.448. The smallest absolute Gasteiger partial charge is 0.191 e. The van der Waals surface area contributed by atoms with E-state index >= 15 is 0 Å². The summed E-state index contributed by atoms with van der Waals surface area (Å²) < 4.78 is 0. The van der Waals surface area contributed by atoms with Crippen molar-refractivity contribution in [2.45, 2.75) is 39.3 Å². The fourth-order valence-corrected chi connectivity index (χ4v) is 0.692. The highest BCUT2D eigenvalue weighted by Crippen LogP contribution is 2.10. The van der Waals surface area contributed by atoms with E-state index in [1.165, 1.54) is 0 Å². The molecule has 1 atom stereocenters. The predicted molar refractivity (Wildman–Crippen MR) is 45.4 cm³/mol. The number of nitrogens with zero attached hydrogens (tertiary/aromatic N) is 4. The lowest BCUT2D eigenvalue weighted by Crippen LogP contribution is -2.25. The van der Waals surface area contributed by atoms with Crippen LogP contribution in [0.2, 0.25) is 0 Å². The molecule has 0 unspecified atom stereocenters. The maximum absolute atomic E-state index is 5.59. The minimum Gasteiger partial charge on any atom is -0.321 e. The van der Waals surface area contributed by atoms with Crippen LogP contribution in [0.3, 0.4) is 0 Å². The molecule has 1 heterocycles. The Balaban J connectivity index is 2.92. The zero-order valence-electron chi connectivity index (χ0n) is 7.94. The standard InChI is InChI=1S/C7H15N5/c1-5(8)6-9-11-12(10-6)7(2,3)4/h5H,8H2,1-4H3/t5-/m1/s1. The van der Waals surface area contributed by atoms with E-state index in [1.54, 1.807) is 4.80 Å². The fraction of sp³-hybridized carbons (Fsp3) is 0.857. The quantitative estimate of drug-likeness (QED) is 0.662. The molecule has 0 radical (unpaired) electrons. The van der Waals surface area contributed by atoms with Gasteiger partial charge >= 0.3 is 0 Å². The molecule has 0 aliphatic carbocycles. The Morgan fingerprint density at radius 1 is 1.42 bits per heavy atom. The largest absolute Gasteiger partial charge is 0.321 e. The van der Waals surface area contributed by atoms with E-state index in [-0.39, 0.29) is 11.6 Å². The van der Waals surface area contributed by atoms with Gasteiger partial charge in [-0.2, -0.15) is 4.80 Å². The average Bonchev–Trinajstić information content (AvgIpc) is 2.30. The maximum Gasteiger partial charge on any atom is 0.191 e. The molecule has 0 bridgehead atoms. The second-order valence-electron chi connectivity index (χ2n) is 3.90. The van der Waals surface area contributed by atoms with Gasteiger partial charge in [0.25, 0.3) is 0 Å². The number of aromatic nitrogens is 4. The van der Waals surface area contributed by atoms with E-state index in [9.17, 15) is 0 Å². The number of hydrogen-bond acceptors (Lipinski definition) is 4. The summed E-state index contributed by atoms with van der Waals surface area (Å²) in [5.74, 6) is 0.588. The van der Waals surface area contributed by atoms with Crippen LogP contribution < -0.4 is 5.73 Å². The highest BCUT2D eigenvalue weighted by Gasteiger charge is 2.17. The molecule has 0 aliphatic rings. The van der Waals surface area contributed by atoms with Crippen molar-refractivity contribution in [1.29, 1.82) is 0 Å². The van der Waals surface area contributed by atoms with Crippen molar-refractivity contribution in [3.63, 3.8) is 0 Å². The topological polar surface area (TPSA) is 69.6 Å². The van der Waals surface area contributed by atoms with Crippen molar-refractivity contribution in [2.75, 3.05) is 0 Å². The van der Waals surface area contributed by atoms with Gasteiger partial charge < -0.3 is 5.73 Å². The molecule has 2 N–H and O–H groups in total. The first-order valence-electron chi connectivity index (χ1n) is 3.97. The zero-order chi connectivity index (χ0) is 9.35. The lowest BCUT2D eigenvalue weighted by molar-refractivity contribution is 0.305. The van der Waals surface area contributed by atoms with Gasteiger partial charge in [-0.25, -0.2) is 0 Å². The Morgan fingerprint density at radius 3 is 2.25 bits per heavy atom. The zero-order valence-corrected chi connectivity index (χ0v) is 7.94. The van der Waals surface area contributed by atoms with Gasteiger partial charge in [0.1, 0.15) is 0 Å². The van der Waals surface area contributed by atoms with Gasteiger partial charge in [-0.05, 0) is 32.9 Å². The highest BCUT2D eigenvalue weighted by atomic mass is 15.6. The van der Waals surface area contributed by atoms with Crippen molar-refractivity contribution in [3.8, 4) is 0 Å². The summed E-state index contributed by atoms with van der Waals surface area (Å²) in [6.45, 7) is 7.88. The Labute approximate surface area is 71.9 Å². The first kappa shape index (κ1) is 9.12. The van der Waals surface area contributed by atoms with Crippen LogP contribution >= 0.6 is 0 Å². The minimum atomic E-state index is -0.152. The van der Waals surface area contributed by atoms with Crippen LogP contribution in [0.1, 0.15) is 39.6 Å². The molecular formula is C7H15N5. The third kappa shape index (κ3) is 1.79. The lowest BCUT2D eigenvalue weighted by Gasteiger charge is -2.15. The molecule has 0 aliphatic heterocycles. The summed E-state index contributed by atoms with van der Waals surface area (Å²) in [5.41, 5.74) is 5.47. The van der Waals surface area contributed by atoms with Crippen LogP contribution in [0.15, 0.2) is 0 Å². The van der Waals surface area contributed by atoms with Gasteiger partial charge in [0.15, 0.2) is 5.82 Å². The molecule has 12 heavy (non-hydrogen) atoms. The van der Waals surface area contributed by atoms with Crippen molar-refractivity contribution in [2.24, 2.45) is 5.73 Å². The number of nitrogens with two attached hydrogens (primary N) is 1. The molecule has 0 saturated heterocycles. The molecular weight excluding hydrogens is 154 g/mol. The van der Waals surface area contributed by atoms with E-state index in [2.05, 4.69) is 15.4 Å². The monoisotopic (exact) mass is 169 g/mol. The molecule has 68 valence electrons. The SMILES string of the molecule is C[C@@H](N)c1nnn(C(C)(C)C)n1. The number of rotatable bonds is 1. The third-order valence-electron chi connectivity index (χ3n) is 1.44. The normalized spacial score (nSPS) is 14.8. The summed E-state index contributed by atoms with van der Waals surface area (Å²) in [4.78, 5) is 1.58. The van der Waals surface area contributed by atoms with Crippen LogP contribution in [0.25, 0.3) is 0 Å². The molecule has 0 spiro atoms. The molecule has 1 aromatic rings. The van der Waals surface area contributed by atoms with Crippen LogP contribution in [0.4, 0.5) is 0 Å². The van der Waals surface area contributed by atoms with Gasteiger partial charge in [-0.1, -0.05) is 0 Å². The van der Waals surface area contributed by atoms with Crippen molar-refractivity contribution in [3.05, 3.63) is 5.82 Å². The van der Waals surface area contributed by atoms with Crippen LogP contribution in [-0.2, 0) is 5.54 Å². The van der Waals surface area contributed by atoms with Crippen LogP contribution in [-0.4, -0.2) is 20.2 Å². The Hall–Kier alpha value is -0.970. The molecule has 1 rings (SSSR count). The Bertz CT molecular complexity index is 257. The Kier molecular flexibility index (Phi) is 2.14. The van der Waals surface area contributed by atoms with E-state index < -0.39 is 0 Å². The van der Waals surface area contributed by atoms with Crippen molar-refractivity contribution < 1.29 is 0 Å². The molecule has 5 nitrogen and oxygen atoms in total. The van der Waals surface area contributed by atoms with Crippen molar-refractivity contribution in [1.82, 2.24) is 20.2 Å². The molecule has 0 fully saturated rings. The summed E-state index contributed by atoms with van der Waals surface area (Å²) in [7, 11) is 0. The van der Waals surface area contributed by atoms with Crippen LogP contribution in [0.5, 0.6) is 0 Å². The van der Waals surface area contributed by atoms with E-state index in [0.717, 1.165) is 0 Å². The molecule has 0 saturated carbocycles. The van der Waals surface area contributed by atoms with E-state index in [1.807, 2.05) is 27.7 Å². The first-order chi connectivity index (χ1) is 5.41. The second kappa shape index (κ2) is 2.82. The number of hydrogen-bond donors (Lipinski definition) is 1. The van der Waals surface area contributed by atoms with Gasteiger partial charge in [0.2, 0.25) is 0 Å². The lowest BCUT2D eigenvalue weighted by atomic mass is 10.1. The molecule has 0 aromatic carbocycles. The third-order valence-corrected chi connectivity index (χ3v) is 1.44. The van der Waals surface area contributed by atoms with E-state index in [4.69, 9.17) is 5.73 Å². The molecule has 1 aromatic heterocycles.